The number of nitrogen functional groups attached to an aromatic ring is 1. The summed E-state index contributed by atoms with van der Waals surface area (Å²) in [5.41, 5.74) is 7.10. The van der Waals surface area contributed by atoms with Gasteiger partial charge >= 0.3 is 0 Å². The monoisotopic (exact) mass is 194 g/mol. The number of anilines is 2. The number of nitrogens with zero attached hydrogens (tertiary/aromatic N) is 1. The van der Waals surface area contributed by atoms with Crippen LogP contribution < -0.4 is 16.4 Å². The van der Waals surface area contributed by atoms with E-state index < -0.39 is 0 Å². The van der Waals surface area contributed by atoms with Crippen LogP contribution >= 0.6 is 0 Å². The lowest BCUT2D eigenvalue weighted by molar-refractivity contribution is -0.118. The van der Waals surface area contributed by atoms with Crippen LogP contribution in [0.1, 0.15) is 6.92 Å². The number of nitrogens with two attached hydrogens (primary N) is 1. The van der Waals surface area contributed by atoms with Crippen LogP contribution in [0.4, 0.5) is 11.4 Å². The van der Waals surface area contributed by atoms with E-state index in [0.717, 1.165) is 5.69 Å². The number of hydrogen-bond donors (Lipinski definition) is 3. The summed E-state index contributed by atoms with van der Waals surface area (Å²) in [7, 11) is 0. The van der Waals surface area contributed by atoms with Gasteiger partial charge in [0.2, 0.25) is 5.91 Å². The molecule has 1 amide bonds. The van der Waals surface area contributed by atoms with Crippen molar-refractivity contribution in [2.24, 2.45) is 0 Å². The summed E-state index contributed by atoms with van der Waals surface area (Å²) in [4.78, 5) is 14.4. The van der Waals surface area contributed by atoms with Crippen LogP contribution in [0.15, 0.2) is 18.5 Å². The van der Waals surface area contributed by atoms with Crippen molar-refractivity contribution in [2.45, 2.75) is 6.92 Å². The normalized spacial score (nSPS) is 9.50. The van der Waals surface area contributed by atoms with E-state index in [4.69, 9.17) is 5.73 Å². The van der Waals surface area contributed by atoms with Crippen LogP contribution in [-0.2, 0) is 4.79 Å². The van der Waals surface area contributed by atoms with E-state index in [1.807, 2.05) is 0 Å². The van der Waals surface area contributed by atoms with Gasteiger partial charge in [0.15, 0.2) is 0 Å². The van der Waals surface area contributed by atoms with E-state index >= 15 is 0 Å². The summed E-state index contributed by atoms with van der Waals surface area (Å²) in [5, 5.41) is 5.77. The van der Waals surface area contributed by atoms with Crippen LogP contribution in [0, 0.1) is 0 Å². The molecule has 1 aromatic rings. The second-order valence-electron chi connectivity index (χ2n) is 2.87. The first-order chi connectivity index (χ1) is 6.70. The standard InChI is InChI=1S/C9H14N4O/c1-7(14)12-4-5-13-9-2-3-11-6-8(9)10/h2-3,6H,4-5,10H2,1H3,(H,11,13)(H,12,14). The van der Waals surface area contributed by atoms with Crippen molar-refractivity contribution in [3.05, 3.63) is 18.5 Å². The van der Waals surface area contributed by atoms with Crippen LogP contribution in [-0.4, -0.2) is 24.0 Å². The average molecular weight is 194 g/mol. The number of aromatic nitrogens is 1. The van der Waals surface area contributed by atoms with Crippen molar-refractivity contribution >= 4 is 17.3 Å². The third kappa shape index (κ3) is 3.30. The van der Waals surface area contributed by atoms with Gasteiger partial charge in [-0.25, -0.2) is 0 Å². The average Bonchev–Trinajstić information content (AvgIpc) is 2.15. The Kier molecular flexibility index (Phi) is 3.72. The second kappa shape index (κ2) is 5.06. The Labute approximate surface area is 82.7 Å². The smallest absolute Gasteiger partial charge is 0.216 e. The molecule has 14 heavy (non-hydrogen) atoms. The molecule has 0 spiro atoms. The lowest BCUT2D eigenvalue weighted by Gasteiger charge is -2.08. The van der Waals surface area contributed by atoms with Gasteiger partial charge in [-0.1, -0.05) is 0 Å². The highest BCUT2D eigenvalue weighted by molar-refractivity contribution is 5.72. The Morgan fingerprint density at radius 3 is 3.00 bits per heavy atom. The summed E-state index contributed by atoms with van der Waals surface area (Å²) in [5.74, 6) is -0.0329. The molecule has 0 saturated heterocycles. The summed E-state index contributed by atoms with van der Waals surface area (Å²) >= 11 is 0. The minimum Gasteiger partial charge on any atom is -0.396 e. The molecule has 5 nitrogen and oxygen atoms in total. The maximum atomic E-state index is 10.5. The number of amides is 1. The molecule has 0 saturated carbocycles. The number of carbonyl (C=O) groups is 1. The highest BCUT2D eigenvalue weighted by Crippen LogP contribution is 2.13. The molecule has 0 atom stereocenters. The minimum atomic E-state index is -0.0329. The van der Waals surface area contributed by atoms with E-state index in [2.05, 4.69) is 15.6 Å². The molecule has 1 aromatic heterocycles. The predicted molar refractivity (Wildman–Crippen MR) is 55.8 cm³/mol. The summed E-state index contributed by atoms with van der Waals surface area (Å²) < 4.78 is 0. The Morgan fingerprint density at radius 1 is 1.57 bits per heavy atom. The molecule has 0 radical (unpaired) electrons. The third-order valence-corrected chi connectivity index (χ3v) is 1.67. The van der Waals surface area contributed by atoms with Gasteiger partial charge in [0.05, 0.1) is 17.6 Å². The van der Waals surface area contributed by atoms with Crippen LogP contribution in [0.2, 0.25) is 0 Å². The molecule has 0 bridgehead atoms. The lowest BCUT2D eigenvalue weighted by atomic mass is 10.3. The van der Waals surface area contributed by atoms with Crippen molar-refractivity contribution in [1.82, 2.24) is 10.3 Å². The summed E-state index contributed by atoms with van der Waals surface area (Å²) in [6.45, 7) is 2.71. The van der Waals surface area contributed by atoms with E-state index in [1.54, 1.807) is 18.5 Å². The zero-order valence-electron chi connectivity index (χ0n) is 8.08. The molecule has 0 fully saturated rings. The molecule has 1 rings (SSSR count). The van der Waals surface area contributed by atoms with E-state index in [0.29, 0.717) is 18.8 Å². The van der Waals surface area contributed by atoms with E-state index in [9.17, 15) is 4.79 Å². The fourth-order valence-electron chi connectivity index (χ4n) is 1.00. The summed E-state index contributed by atoms with van der Waals surface area (Å²) in [6, 6.07) is 1.79. The van der Waals surface area contributed by atoms with E-state index in [-0.39, 0.29) is 5.91 Å². The highest BCUT2D eigenvalue weighted by atomic mass is 16.1. The molecular weight excluding hydrogens is 180 g/mol. The quantitative estimate of drug-likeness (QED) is 0.599. The van der Waals surface area contributed by atoms with Crippen molar-refractivity contribution < 1.29 is 4.79 Å². The minimum absolute atomic E-state index is 0.0329. The van der Waals surface area contributed by atoms with Crippen LogP contribution in [0.3, 0.4) is 0 Å². The Bertz CT molecular complexity index is 313. The maximum Gasteiger partial charge on any atom is 0.216 e. The molecule has 0 unspecified atom stereocenters. The van der Waals surface area contributed by atoms with Gasteiger partial charge in [-0.05, 0) is 6.07 Å². The summed E-state index contributed by atoms with van der Waals surface area (Å²) in [6.07, 6.45) is 3.25. The number of rotatable bonds is 4. The molecule has 76 valence electrons. The molecule has 1 heterocycles. The fraction of sp³-hybridized carbons (Fsp3) is 0.333. The zero-order chi connectivity index (χ0) is 10.4. The fourth-order valence-corrected chi connectivity index (χ4v) is 1.00. The van der Waals surface area contributed by atoms with Gasteiger partial charge in [0, 0.05) is 26.2 Å². The first-order valence-corrected chi connectivity index (χ1v) is 4.38. The molecule has 0 aromatic carbocycles. The van der Waals surface area contributed by atoms with Gasteiger partial charge in [-0.2, -0.15) is 0 Å². The van der Waals surface area contributed by atoms with Gasteiger partial charge < -0.3 is 16.4 Å². The number of carbonyl (C=O) groups excluding carboxylic acids is 1. The predicted octanol–water partition coefficient (Wildman–Crippen LogP) is 0.212. The van der Waals surface area contributed by atoms with Crippen LogP contribution in [0.25, 0.3) is 0 Å². The lowest BCUT2D eigenvalue weighted by Crippen LogP contribution is -2.26. The van der Waals surface area contributed by atoms with Crippen molar-refractivity contribution in [3.63, 3.8) is 0 Å². The number of pyridine rings is 1. The second-order valence-corrected chi connectivity index (χ2v) is 2.87. The van der Waals surface area contributed by atoms with Gasteiger partial charge in [-0.15, -0.1) is 0 Å². The largest absolute Gasteiger partial charge is 0.396 e. The Morgan fingerprint density at radius 2 is 2.36 bits per heavy atom. The third-order valence-electron chi connectivity index (χ3n) is 1.67. The molecule has 5 heteroatoms. The Hall–Kier alpha value is -1.78. The van der Waals surface area contributed by atoms with Crippen molar-refractivity contribution in [2.75, 3.05) is 24.1 Å². The van der Waals surface area contributed by atoms with Gasteiger partial charge in [-0.3, -0.25) is 9.78 Å². The van der Waals surface area contributed by atoms with Gasteiger partial charge in [0.1, 0.15) is 0 Å². The number of hydrogen-bond acceptors (Lipinski definition) is 4. The van der Waals surface area contributed by atoms with E-state index in [1.165, 1.54) is 6.92 Å². The highest BCUT2D eigenvalue weighted by Gasteiger charge is 1.96. The maximum absolute atomic E-state index is 10.5. The van der Waals surface area contributed by atoms with Crippen LogP contribution in [0.5, 0.6) is 0 Å². The van der Waals surface area contributed by atoms with Crippen molar-refractivity contribution in [3.8, 4) is 0 Å². The number of nitrogens with one attached hydrogen (secondary N) is 2. The molecule has 0 aliphatic heterocycles. The first-order valence-electron chi connectivity index (χ1n) is 4.38. The molecular formula is C9H14N4O. The zero-order valence-corrected chi connectivity index (χ0v) is 8.08. The van der Waals surface area contributed by atoms with Gasteiger partial charge in [0.25, 0.3) is 0 Å². The first kappa shape index (κ1) is 10.3. The topological polar surface area (TPSA) is 80.0 Å². The molecule has 4 N–H and O–H groups in total. The molecule has 0 aliphatic carbocycles. The van der Waals surface area contributed by atoms with Crippen molar-refractivity contribution in [1.29, 1.82) is 0 Å². The Balaban J connectivity index is 2.31. The SMILES string of the molecule is CC(=O)NCCNc1ccncc1N. The molecule has 0 aliphatic rings.